The van der Waals surface area contributed by atoms with Crippen LogP contribution in [-0.4, -0.2) is 38.4 Å². The van der Waals surface area contributed by atoms with Gasteiger partial charge in [-0.15, -0.1) is 0 Å². The van der Waals surface area contributed by atoms with Crippen LogP contribution in [0.25, 0.3) is 0 Å². The molecule has 3 unspecified atom stereocenters. The molecule has 142 valence electrons. The molecule has 2 N–H and O–H groups in total. The summed E-state index contributed by atoms with van der Waals surface area (Å²) in [5, 5.41) is 0. The molecule has 4 rings (SSSR count). The molecule has 0 saturated heterocycles. The molecule has 0 spiro atoms. The van der Waals surface area contributed by atoms with Crippen molar-refractivity contribution in [2.45, 2.75) is 18.5 Å². The molecule has 2 heterocycles. The Morgan fingerprint density at radius 3 is 2.43 bits per heavy atom. The molecule has 2 aromatic carbocycles. The zero-order valence-electron chi connectivity index (χ0n) is 16.6. The van der Waals surface area contributed by atoms with Gasteiger partial charge in [-0.3, -0.25) is 4.99 Å². The number of nitrogens with two attached hydrogens (primary N) is 1. The largest absolute Gasteiger partial charge is 0.399 e. The first-order chi connectivity index (χ1) is 13.5. The summed E-state index contributed by atoms with van der Waals surface area (Å²) in [4.78, 5) is 9.16. The number of hydrogen-bond donors (Lipinski definition) is 1. The average Bonchev–Trinajstić information content (AvgIpc) is 3.03. The van der Waals surface area contributed by atoms with Gasteiger partial charge in [-0.05, 0) is 48.4 Å². The van der Waals surface area contributed by atoms with Gasteiger partial charge in [0.1, 0.15) is 6.17 Å². The van der Waals surface area contributed by atoms with E-state index in [0.29, 0.717) is 11.8 Å². The van der Waals surface area contributed by atoms with Crippen molar-refractivity contribution in [2.24, 2.45) is 10.9 Å². The highest BCUT2D eigenvalue weighted by Gasteiger charge is 2.37. The first-order valence-electron chi connectivity index (χ1n) is 9.63. The summed E-state index contributed by atoms with van der Waals surface area (Å²) in [7, 11) is 6.21. The number of anilines is 2. The second-order valence-corrected chi connectivity index (χ2v) is 7.77. The van der Waals surface area contributed by atoms with Crippen molar-refractivity contribution in [1.29, 1.82) is 0 Å². The highest BCUT2D eigenvalue weighted by atomic mass is 15.2. The van der Waals surface area contributed by atoms with Crippen LogP contribution in [-0.2, 0) is 0 Å². The molecule has 2 aliphatic rings. The summed E-state index contributed by atoms with van der Waals surface area (Å²) >= 11 is 0. The SMILES string of the molecule is CN(C)c1ccc(C2C=NC3C(C2)C(C#Cc2ccc(N)cc2)=CN3C)cc1. The highest BCUT2D eigenvalue weighted by Crippen LogP contribution is 2.39. The molecule has 0 fully saturated rings. The Morgan fingerprint density at radius 1 is 1.04 bits per heavy atom. The van der Waals surface area contributed by atoms with E-state index in [-0.39, 0.29) is 6.17 Å². The van der Waals surface area contributed by atoms with Gasteiger partial charge in [0.15, 0.2) is 0 Å². The lowest BCUT2D eigenvalue weighted by molar-refractivity contribution is 0.284. The fourth-order valence-corrected chi connectivity index (χ4v) is 3.90. The Morgan fingerprint density at radius 2 is 1.75 bits per heavy atom. The minimum absolute atomic E-state index is 0.160. The molecule has 3 atom stereocenters. The van der Waals surface area contributed by atoms with E-state index in [1.54, 1.807) is 0 Å². The van der Waals surface area contributed by atoms with Gasteiger partial charge in [-0.2, -0.15) is 0 Å². The Kier molecular flexibility index (Phi) is 4.83. The van der Waals surface area contributed by atoms with Gasteiger partial charge in [0.05, 0.1) is 0 Å². The summed E-state index contributed by atoms with van der Waals surface area (Å²) < 4.78 is 0. The van der Waals surface area contributed by atoms with Crippen molar-refractivity contribution >= 4 is 17.6 Å². The fourth-order valence-electron chi connectivity index (χ4n) is 3.90. The predicted octanol–water partition coefficient (Wildman–Crippen LogP) is 3.72. The molecule has 2 aromatic rings. The second-order valence-electron chi connectivity index (χ2n) is 7.77. The fraction of sp³-hybridized carbons (Fsp3) is 0.292. The summed E-state index contributed by atoms with van der Waals surface area (Å²) in [6.45, 7) is 0. The molecule has 4 nitrogen and oxygen atoms in total. The van der Waals surface area contributed by atoms with Gasteiger partial charge in [-0.25, -0.2) is 0 Å². The number of aliphatic imine (C=N–C) groups is 1. The normalized spacial score (nSPS) is 22.9. The van der Waals surface area contributed by atoms with Crippen LogP contribution < -0.4 is 10.6 Å². The lowest BCUT2D eigenvalue weighted by Crippen LogP contribution is -2.32. The zero-order valence-corrected chi connectivity index (χ0v) is 16.6. The third-order valence-electron chi connectivity index (χ3n) is 5.55. The maximum atomic E-state index is 5.76. The smallest absolute Gasteiger partial charge is 0.127 e. The van der Waals surface area contributed by atoms with Gasteiger partial charge in [0.2, 0.25) is 0 Å². The second kappa shape index (κ2) is 7.44. The van der Waals surface area contributed by atoms with Gasteiger partial charge < -0.3 is 15.5 Å². The zero-order chi connectivity index (χ0) is 19.7. The van der Waals surface area contributed by atoms with Crippen LogP contribution in [0, 0.1) is 17.8 Å². The molecule has 2 aliphatic heterocycles. The summed E-state index contributed by atoms with van der Waals surface area (Å²) in [6.07, 6.45) is 5.45. The highest BCUT2D eigenvalue weighted by molar-refractivity contribution is 5.70. The van der Waals surface area contributed by atoms with E-state index in [0.717, 1.165) is 23.2 Å². The third kappa shape index (κ3) is 3.61. The van der Waals surface area contributed by atoms with Crippen LogP contribution in [0.15, 0.2) is 65.3 Å². The van der Waals surface area contributed by atoms with Gasteiger partial charge in [0.25, 0.3) is 0 Å². The maximum Gasteiger partial charge on any atom is 0.127 e. The number of fused-ring (bicyclic) bond motifs is 1. The summed E-state index contributed by atoms with van der Waals surface area (Å²) in [6, 6.07) is 16.5. The van der Waals surface area contributed by atoms with E-state index in [2.05, 4.69) is 79.5 Å². The van der Waals surface area contributed by atoms with E-state index in [4.69, 9.17) is 10.7 Å². The van der Waals surface area contributed by atoms with Crippen molar-refractivity contribution in [2.75, 3.05) is 31.8 Å². The molecular weight excluding hydrogens is 344 g/mol. The number of nitrogen functional groups attached to an aromatic ring is 1. The van der Waals surface area contributed by atoms with Gasteiger partial charge in [-0.1, -0.05) is 24.0 Å². The molecule has 0 aliphatic carbocycles. The minimum atomic E-state index is 0.160. The standard InChI is InChI=1S/C24H26N4/c1-27(2)22-12-8-18(9-13-22)20-14-23-19(16-28(3)24(23)26-15-20)7-4-17-5-10-21(25)11-6-17/h5-6,8-13,15-16,20,23-24H,14,25H2,1-3H3. The third-order valence-corrected chi connectivity index (χ3v) is 5.55. The molecule has 4 heteroatoms. The number of nitrogens with zero attached hydrogens (tertiary/aromatic N) is 3. The predicted molar refractivity (Wildman–Crippen MR) is 117 cm³/mol. The van der Waals surface area contributed by atoms with Crippen molar-refractivity contribution in [3.05, 3.63) is 71.4 Å². The van der Waals surface area contributed by atoms with Gasteiger partial charge >= 0.3 is 0 Å². The topological polar surface area (TPSA) is 44.9 Å². The van der Waals surface area contributed by atoms with Crippen molar-refractivity contribution in [1.82, 2.24) is 4.90 Å². The molecule has 28 heavy (non-hydrogen) atoms. The number of hydrogen-bond acceptors (Lipinski definition) is 4. The van der Waals surface area contributed by atoms with E-state index < -0.39 is 0 Å². The molecule has 0 saturated carbocycles. The van der Waals surface area contributed by atoms with Crippen molar-refractivity contribution in [3.63, 3.8) is 0 Å². The number of rotatable bonds is 2. The Balaban J connectivity index is 1.54. The quantitative estimate of drug-likeness (QED) is 0.647. The van der Waals surface area contributed by atoms with Crippen LogP contribution in [0.4, 0.5) is 11.4 Å². The molecular formula is C24H26N4. The van der Waals surface area contributed by atoms with Crippen molar-refractivity contribution in [3.8, 4) is 11.8 Å². The van der Waals surface area contributed by atoms with E-state index in [1.165, 1.54) is 11.3 Å². The summed E-state index contributed by atoms with van der Waals surface area (Å²) in [5.74, 6) is 7.33. The maximum absolute atomic E-state index is 5.76. The van der Waals surface area contributed by atoms with E-state index >= 15 is 0 Å². The van der Waals surface area contributed by atoms with Crippen molar-refractivity contribution < 1.29 is 0 Å². The van der Waals surface area contributed by atoms with Crippen LogP contribution in [0.5, 0.6) is 0 Å². The molecule has 0 bridgehead atoms. The van der Waals surface area contributed by atoms with E-state index in [1.807, 2.05) is 24.3 Å². The summed E-state index contributed by atoms with van der Waals surface area (Å²) in [5.41, 5.74) is 11.2. The molecule has 0 amide bonds. The lowest BCUT2D eigenvalue weighted by atomic mass is 9.83. The lowest BCUT2D eigenvalue weighted by Gasteiger charge is -2.30. The van der Waals surface area contributed by atoms with Gasteiger partial charge in [0, 0.05) is 67.9 Å². The van der Waals surface area contributed by atoms with E-state index in [9.17, 15) is 0 Å². The first kappa shape index (κ1) is 18.2. The Hall–Kier alpha value is -3.19. The minimum Gasteiger partial charge on any atom is -0.399 e. The van der Waals surface area contributed by atoms with Crippen LogP contribution >= 0.6 is 0 Å². The molecule has 0 aromatic heterocycles. The number of benzene rings is 2. The Labute approximate surface area is 167 Å². The Bertz CT molecular complexity index is 958. The monoisotopic (exact) mass is 370 g/mol. The van der Waals surface area contributed by atoms with Crippen LogP contribution in [0.2, 0.25) is 0 Å². The first-order valence-corrected chi connectivity index (χ1v) is 9.63. The molecule has 0 radical (unpaired) electrons. The van der Waals surface area contributed by atoms with Crippen LogP contribution in [0.3, 0.4) is 0 Å². The van der Waals surface area contributed by atoms with Crippen LogP contribution in [0.1, 0.15) is 23.5 Å². The average molecular weight is 371 g/mol.